The molecule has 26 heavy (non-hydrogen) atoms. The number of halogens is 1. The Morgan fingerprint density at radius 1 is 1.12 bits per heavy atom. The molecule has 136 valence electrons. The van der Waals surface area contributed by atoms with Gasteiger partial charge in [0.2, 0.25) is 5.91 Å². The van der Waals surface area contributed by atoms with Crippen molar-refractivity contribution in [1.29, 1.82) is 0 Å². The average Bonchev–Trinajstić information content (AvgIpc) is 2.65. The highest BCUT2D eigenvalue weighted by atomic mass is 79.9. The first kappa shape index (κ1) is 18.3. The second-order valence-electron chi connectivity index (χ2n) is 5.74. The molecule has 2 aromatic rings. The first-order chi connectivity index (χ1) is 12.6. The van der Waals surface area contributed by atoms with Crippen molar-refractivity contribution in [2.45, 2.75) is 6.92 Å². The van der Waals surface area contributed by atoms with Crippen LogP contribution < -0.4 is 14.8 Å². The molecule has 1 aliphatic heterocycles. The summed E-state index contributed by atoms with van der Waals surface area (Å²) in [4.78, 5) is 26.5. The number of likely N-dealkylation sites (N-methyl/N-ethyl adjacent to an activating group) is 1. The highest BCUT2D eigenvalue weighted by molar-refractivity contribution is 9.10. The zero-order chi connectivity index (χ0) is 18.5. The number of hydrogen-bond donors (Lipinski definition) is 1. The zero-order valence-electron chi connectivity index (χ0n) is 14.3. The fraction of sp³-hybridized carbons (Fsp3) is 0.263. The Balaban J connectivity index is 1.65. The van der Waals surface area contributed by atoms with Crippen LogP contribution in [0.3, 0.4) is 0 Å². The van der Waals surface area contributed by atoms with Crippen molar-refractivity contribution in [1.82, 2.24) is 4.90 Å². The maximum absolute atomic E-state index is 12.6. The van der Waals surface area contributed by atoms with Gasteiger partial charge < -0.3 is 19.7 Å². The lowest BCUT2D eigenvalue weighted by Gasteiger charge is -2.21. The summed E-state index contributed by atoms with van der Waals surface area (Å²) in [6, 6.07) is 12.3. The maximum atomic E-state index is 12.6. The number of rotatable bonds is 5. The Kier molecular flexibility index (Phi) is 5.78. The van der Waals surface area contributed by atoms with Gasteiger partial charge in [0, 0.05) is 28.3 Å². The fourth-order valence-corrected chi connectivity index (χ4v) is 3.03. The minimum absolute atomic E-state index is 0.0315. The van der Waals surface area contributed by atoms with E-state index in [1.807, 2.05) is 13.0 Å². The van der Waals surface area contributed by atoms with Crippen LogP contribution in [0.5, 0.6) is 11.5 Å². The molecule has 3 rings (SSSR count). The summed E-state index contributed by atoms with van der Waals surface area (Å²) in [5, 5.41) is 2.80. The molecule has 0 saturated carbocycles. The van der Waals surface area contributed by atoms with Crippen molar-refractivity contribution in [3.63, 3.8) is 0 Å². The Labute approximate surface area is 160 Å². The molecule has 0 spiro atoms. The molecule has 0 atom stereocenters. The second kappa shape index (κ2) is 8.23. The number of anilines is 1. The fourth-order valence-electron chi connectivity index (χ4n) is 2.63. The Morgan fingerprint density at radius 2 is 1.88 bits per heavy atom. The molecule has 1 heterocycles. The van der Waals surface area contributed by atoms with Gasteiger partial charge in [-0.2, -0.15) is 0 Å². The van der Waals surface area contributed by atoms with E-state index in [9.17, 15) is 9.59 Å². The predicted octanol–water partition coefficient (Wildman–Crippen LogP) is 3.32. The largest absolute Gasteiger partial charge is 0.486 e. The molecule has 0 unspecified atom stereocenters. The van der Waals surface area contributed by atoms with Gasteiger partial charge in [0.25, 0.3) is 5.91 Å². The van der Waals surface area contributed by atoms with Gasteiger partial charge in [-0.3, -0.25) is 9.59 Å². The molecular weight excluding hydrogens is 400 g/mol. The molecule has 0 aliphatic carbocycles. The summed E-state index contributed by atoms with van der Waals surface area (Å²) in [5.41, 5.74) is 1.14. The van der Waals surface area contributed by atoms with Crippen molar-refractivity contribution in [3.8, 4) is 11.5 Å². The highest BCUT2D eigenvalue weighted by Gasteiger charge is 2.18. The van der Waals surface area contributed by atoms with E-state index >= 15 is 0 Å². The standard InChI is InChI=1S/C19H19BrN2O4/c1-2-22(19(24)13-4-3-5-14(20)10-13)12-18(23)21-15-6-7-16-17(11-15)26-9-8-25-16/h3-7,10-11H,2,8-9,12H2,1H3,(H,21,23). The van der Waals surface area contributed by atoms with E-state index in [1.54, 1.807) is 36.4 Å². The lowest BCUT2D eigenvalue weighted by Crippen LogP contribution is -2.37. The number of ether oxygens (including phenoxy) is 2. The van der Waals surface area contributed by atoms with Gasteiger partial charge >= 0.3 is 0 Å². The van der Waals surface area contributed by atoms with Crippen molar-refractivity contribution in [2.75, 3.05) is 31.6 Å². The number of carbonyl (C=O) groups is 2. The minimum atomic E-state index is -0.271. The van der Waals surface area contributed by atoms with Crippen LogP contribution in [0.4, 0.5) is 5.69 Å². The summed E-state index contributed by atoms with van der Waals surface area (Å²) in [6.45, 7) is 3.24. The zero-order valence-corrected chi connectivity index (χ0v) is 15.9. The normalized spacial score (nSPS) is 12.4. The molecule has 1 N–H and O–H groups in total. The molecule has 0 radical (unpaired) electrons. The number of amides is 2. The van der Waals surface area contributed by atoms with Crippen LogP contribution in [-0.4, -0.2) is 43.0 Å². The number of benzene rings is 2. The minimum Gasteiger partial charge on any atom is -0.486 e. The van der Waals surface area contributed by atoms with Crippen LogP contribution >= 0.6 is 15.9 Å². The predicted molar refractivity (Wildman–Crippen MR) is 102 cm³/mol. The average molecular weight is 419 g/mol. The van der Waals surface area contributed by atoms with Gasteiger partial charge in [-0.1, -0.05) is 22.0 Å². The molecule has 0 aromatic heterocycles. The van der Waals surface area contributed by atoms with Crippen molar-refractivity contribution < 1.29 is 19.1 Å². The van der Waals surface area contributed by atoms with Gasteiger partial charge in [-0.05, 0) is 37.3 Å². The van der Waals surface area contributed by atoms with E-state index in [4.69, 9.17) is 9.47 Å². The number of nitrogens with zero attached hydrogens (tertiary/aromatic N) is 1. The third-order valence-corrected chi connectivity index (χ3v) is 4.39. The SMILES string of the molecule is CCN(CC(=O)Nc1ccc2c(c1)OCCO2)C(=O)c1cccc(Br)c1. The molecule has 6 nitrogen and oxygen atoms in total. The summed E-state index contributed by atoms with van der Waals surface area (Å²) >= 11 is 3.35. The Bertz CT molecular complexity index is 825. The summed E-state index contributed by atoms with van der Waals surface area (Å²) < 4.78 is 11.8. The summed E-state index contributed by atoms with van der Waals surface area (Å²) in [7, 11) is 0. The molecule has 1 aliphatic rings. The molecule has 0 fully saturated rings. The van der Waals surface area contributed by atoms with E-state index in [0.29, 0.717) is 42.5 Å². The first-order valence-electron chi connectivity index (χ1n) is 8.31. The van der Waals surface area contributed by atoms with Gasteiger partial charge in [-0.25, -0.2) is 0 Å². The number of hydrogen-bond acceptors (Lipinski definition) is 4. The van der Waals surface area contributed by atoms with Gasteiger partial charge in [-0.15, -0.1) is 0 Å². The summed E-state index contributed by atoms with van der Waals surface area (Å²) in [6.07, 6.45) is 0. The van der Waals surface area contributed by atoms with E-state index in [1.165, 1.54) is 4.90 Å². The molecule has 2 amide bonds. The molecular formula is C19H19BrN2O4. The lowest BCUT2D eigenvalue weighted by molar-refractivity contribution is -0.116. The lowest BCUT2D eigenvalue weighted by atomic mass is 10.2. The van der Waals surface area contributed by atoms with Crippen LogP contribution in [0.1, 0.15) is 17.3 Å². The quantitative estimate of drug-likeness (QED) is 0.808. The van der Waals surface area contributed by atoms with Crippen LogP contribution in [-0.2, 0) is 4.79 Å². The van der Waals surface area contributed by atoms with E-state index in [2.05, 4.69) is 21.2 Å². The van der Waals surface area contributed by atoms with Crippen LogP contribution in [0.15, 0.2) is 46.9 Å². The van der Waals surface area contributed by atoms with Gasteiger partial charge in [0.1, 0.15) is 19.8 Å². The Morgan fingerprint density at radius 3 is 2.62 bits per heavy atom. The summed E-state index contributed by atoms with van der Waals surface area (Å²) in [5.74, 6) is 0.805. The number of carbonyl (C=O) groups excluding carboxylic acids is 2. The van der Waals surface area contributed by atoms with Crippen LogP contribution in [0.25, 0.3) is 0 Å². The first-order valence-corrected chi connectivity index (χ1v) is 9.10. The molecule has 0 saturated heterocycles. The highest BCUT2D eigenvalue weighted by Crippen LogP contribution is 2.32. The van der Waals surface area contributed by atoms with Crippen LogP contribution in [0.2, 0.25) is 0 Å². The monoisotopic (exact) mass is 418 g/mol. The van der Waals surface area contributed by atoms with Gasteiger partial charge in [0.05, 0.1) is 0 Å². The molecule has 0 bridgehead atoms. The second-order valence-corrected chi connectivity index (χ2v) is 6.65. The van der Waals surface area contributed by atoms with Crippen molar-refractivity contribution in [3.05, 3.63) is 52.5 Å². The number of nitrogens with one attached hydrogen (secondary N) is 1. The maximum Gasteiger partial charge on any atom is 0.254 e. The van der Waals surface area contributed by atoms with Crippen molar-refractivity contribution >= 4 is 33.4 Å². The number of fused-ring (bicyclic) bond motifs is 1. The topological polar surface area (TPSA) is 67.9 Å². The van der Waals surface area contributed by atoms with Gasteiger partial charge in [0.15, 0.2) is 11.5 Å². The smallest absolute Gasteiger partial charge is 0.254 e. The van der Waals surface area contributed by atoms with E-state index in [-0.39, 0.29) is 18.4 Å². The van der Waals surface area contributed by atoms with E-state index in [0.717, 1.165) is 4.47 Å². The van der Waals surface area contributed by atoms with Crippen molar-refractivity contribution in [2.24, 2.45) is 0 Å². The van der Waals surface area contributed by atoms with Crippen LogP contribution in [0, 0.1) is 0 Å². The third kappa shape index (κ3) is 4.35. The third-order valence-electron chi connectivity index (χ3n) is 3.90. The van der Waals surface area contributed by atoms with E-state index < -0.39 is 0 Å². The molecule has 2 aromatic carbocycles. The Hall–Kier alpha value is -2.54. The molecule has 7 heteroatoms.